The normalized spacial score (nSPS) is 16.3. The average molecular weight is 312 g/mol. The molecule has 1 aliphatic rings. The Balaban J connectivity index is 2.01. The topological polar surface area (TPSA) is 71.5 Å². The first kappa shape index (κ1) is 15.3. The molecular weight excluding hydrogens is 292 g/mol. The third-order valence-electron chi connectivity index (χ3n) is 4.24. The third-order valence-corrected chi connectivity index (χ3v) is 4.24. The van der Waals surface area contributed by atoms with Gasteiger partial charge in [0.05, 0.1) is 6.61 Å². The highest BCUT2D eigenvalue weighted by atomic mass is 16.5. The monoisotopic (exact) mass is 312 g/mol. The van der Waals surface area contributed by atoms with Crippen LogP contribution in [-0.4, -0.2) is 29.3 Å². The predicted molar refractivity (Wildman–Crippen MR) is 88.0 cm³/mol. The van der Waals surface area contributed by atoms with Crippen LogP contribution in [0.3, 0.4) is 0 Å². The number of amides is 1. The van der Waals surface area contributed by atoms with Crippen LogP contribution in [0.1, 0.15) is 29.2 Å². The van der Waals surface area contributed by atoms with Crippen molar-refractivity contribution in [1.82, 2.24) is 10.3 Å². The van der Waals surface area contributed by atoms with Gasteiger partial charge in [0.15, 0.2) is 0 Å². The summed E-state index contributed by atoms with van der Waals surface area (Å²) in [7, 11) is 0. The van der Waals surface area contributed by atoms with Crippen molar-refractivity contribution < 1.29 is 14.6 Å². The van der Waals surface area contributed by atoms with E-state index in [1.807, 2.05) is 31.3 Å². The van der Waals surface area contributed by atoms with Crippen LogP contribution in [0.25, 0.3) is 11.1 Å². The van der Waals surface area contributed by atoms with E-state index in [-0.39, 0.29) is 5.92 Å². The summed E-state index contributed by atoms with van der Waals surface area (Å²) in [5.41, 5.74) is 5.27. The van der Waals surface area contributed by atoms with Crippen LogP contribution in [0.15, 0.2) is 30.5 Å². The van der Waals surface area contributed by atoms with Crippen molar-refractivity contribution in [3.8, 4) is 16.9 Å². The highest BCUT2D eigenvalue weighted by Crippen LogP contribution is 2.41. The molecule has 2 aromatic rings. The van der Waals surface area contributed by atoms with Gasteiger partial charge in [-0.05, 0) is 37.5 Å². The molecule has 2 heterocycles. The lowest BCUT2D eigenvalue weighted by Gasteiger charge is -2.28. The van der Waals surface area contributed by atoms with Crippen molar-refractivity contribution in [3.63, 3.8) is 0 Å². The maximum Gasteiger partial charge on any atom is 0.404 e. The standard InChI is InChI=1S/C18H20N2O3/c1-11-8-12(2)19-10-16(11)15-5-3-4-14-13(9-20-18(21)22)6-7-23-17(14)15/h3-5,8,10,13,20H,6-7,9H2,1-2H3,(H,21,22)/t13-/m0/s1. The number of benzene rings is 1. The fourth-order valence-corrected chi connectivity index (χ4v) is 3.11. The van der Waals surface area contributed by atoms with Gasteiger partial charge in [-0.15, -0.1) is 0 Å². The molecule has 5 nitrogen and oxygen atoms in total. The summed E-state index contributed by atoms with van der Waals surface area (Å²) in [6.07, 6.45) is 1.69. The minimum absolute atomic E-state index is 0.133. The molecule has 5 heteroatoms. The molecule has 23 heavy (non-hydrogen) atoms. The minimum Gasteiger partial charge on any atom is -0.493 e. The van der Waals surface area contributed by atoms with Gasteiger partial charge in [0.1, 0.15) is 5.75 Å². The Kier molecular flexibility index (Phi) is 4.19. The van der Waals surface area contributed by atoms with Crippen LogP contribution in [0.4, 0.5) is 4.79 Å². The molecule has 3 rings (SSSR count). The SMILES string of the molecule is Cc1cc(C)c(-c2cccc3c2OCC[C@H]3CNC(=O)O)cn1. The number of carboxylic acid groups (broad SMARTS) is 1. The fourth-order valence-electron chi connectivity index (χ4n) is 3.11. The van der Waals surface area contributed by atoms with Crippen molar-refractivity contribution in [3.05, 3.63) is 47.3 Å². The summed E-state index contributed by atoms with van der Waals surface area (Å²) in [6, 6.07) is 8.10. The van der Waals surface area contributed by atoms with E-state index >= 15 is 0 Å². The summed E-state index contributed by atoms with van der Waals surface area (Å²) in [4.78, 5) is 15.2. The molecule has 0 aliphatic carbocycles. The van der Waals surface area contributed by atoms with Crippen LogP contribution in [0.5, 0.6) is 5.75 Å². The zero-order chi connectivity index (χ0) is 16.4. The number of fused-ring (bicyclic) bond motifs is 1. The van der Waals surface area contributed by atoms with Crippen LogP contribution >= 0.6 is 0 Å². The zero-order valence-corrected chi connectivity index (χ0v) is 13.3. The Hall–Kier alpha value is -2.56. The van der Waals surface area contributed by atoms with Crippen molar-refractivity contribution in [1.29, 1.82) is 0 Å². The highest BCUT2D eigenvalue weighted by Gasteiger charge is 2.25. The van der Waals surface area contributed by atoms with Gasteiger partial charge >= 0.3 is 6.09 Å². The molecule has 1 aromatic heterocycles. The molecular formula is C18H20N2O3. The number of nitrogens with zero attached hydrogens (tertiary/aromatic N) is 1. The lowest BCUT2D eigenvalue weighted by atomic mass is 9.89. The lowest BCUT2D eigenvalue weighted by molar-refractivity contribution is 0.191. The van der Waals surface area contributed by atoms with Gasteiger partial charge in [-0.25, -0.2) is 4.79 Å². The van der Waals surface area contributed by atoms with E-state index in [0.29, 0.717) is 13.2 Å². The number of pyridine rings is 1. The number of para-hydroxylation sites is 1. The number of hydrogen-bond donors (Lipinski definition) is 2. The largest absolute Gasteiger partial charge is 0.493 e. The summed E-state index contributed by atoms with van der Waals surface area (Å²) < 4.78 is 5.93. The number of ether oxygens (including phenoxy) is 1. The van der Waals surface area contributed by atoms with Gasteiger partial charge in [0, 0.05) is 35.5 Å². The van der Waals surface area contributed by atoms with Crippen molar-refractivity contribution in [2.75, 3.05) is 13.2 Å². The van der Waals surface area contributed by atoms with Crippen LogP contribution in [-0.2, 0) is 0 Å². The molecule has 0 saturated heterocycles. The van der Waals surface area contributed by atoms with Crippen molar-refractivity contribution in [2.24, 2.45) is 0 Å². The van der Waals surface area contributed by atoms with Crippen LogP contribution < -0.4 is 10.1 Å². The minimum atomic E-state index is -0.993. The number of carbonyl (C=O) groups is 1. The Bertz CT molecular complexity index is 743. The second kappa shape index (κ2) is 6.28. The molecule has 0 saturated carbocycles. The van der Waals surface area contributed by atoms with E-state index in [2.05, 4.69) is 23.3 Å². The van der Waals surface area contributed by atoms with Gasteiger partial charge in [-0.1, -0.05) is 18.2 Å². The first-order valence-corrected chi connectivity index (χ1v) is 7.72. The maximum absolute atomic E-state index is 10.8. The summed E-state index contributed by atoms with van der Waals surface area (Å²) in [5, 5.41) is 11.3. The van der Waals surface area contributed by atoms with Crippen molar-refractivity contribution >= 4 is 6.09 Å². The number of aromatic nitrogens is 1. The second-order valence-electron chi connectivity index (χ2n) is 5.88. The van der Waals surface area contributed by atoms with Gasteiger partial charge in [-0.2, -0.15) is 0 Å². The maximum atomic E-state index is 10.8. The molecule has 0 radical (unpaired) electrons. The lowest BCUT2D eigenvalue weighted by Crippen LogP contribution is -2.29. The van der Waals surface area contributed by atoms with E-state index in [4.69, 9.17) is 9.84 Å². The van der Waals surface area contributed by atoms with Gasteiger partial charge < -0.3 is 15.2 Å². The van der Waals surface area contributed by atoms with Gasteiger partial charge in [0.2, 0.25) is 0 Å². The number of rotatable bonds is 3. The van der Waals surface area contributed by atoms with E-state index in [0.717, 1.165) is 40.1 Å². The molecule has 120 valence electrons. The number of hydrogen-bond acceptors (Lipinski definition) is 3. The molecule has 1 aromatic carbocycles. The quantitative estimate of drug-likeness (QED) is 0.910. The Morgan fingerprint density at radius 3 is 2.96 bits per heavy atom. The van der Waals surface area contributed by atoms with E-state index in [1.165, 1.54) is 0 Å². The molecule has 0 fully saturated rings. The van der Waals surface area contributed by atoms with Crippen molar-refractivity contribution in [2.45, 2.75) is 26.2 Å². The molecule has 1 atom stereocenters. The first-order chi connectivity index (χ1) is 11.1. The Morgan fingerprint density at radius 1 is 1.39 bits per heavy atom. The molecule has 0 spiro atoms. The van der Waals surface area contributed by atoms with Gasteiger partial charge in [-0.3, -0.25) is 4.98 Å². The molecule has 1 amide bonds. The van der Waals surface area contributed by atoms with Crippen LogP contribution in [0, 0.1) is 13.8 Å². The van der Waals surface area contributed by atoms with Gasteiger partial charge in [0.25, 0.3) is 0 Å². The Morgan fingerprint density at radius 2 is 2.22 bits per heavy atom. The highest BCUT2D eigenvalue weighted by molar-refractivity contribution is 5.75. The first-order valence-electron chi connectivity index (χ1n) is 7.72. The fraction of sp³-hybridized carbons (Fsp3) is 0.333. The number of aryl methyl sites for hydroxylation is 2. The summed E-state index contributed by atoms with van der Waals surface area (Å²) in [5.74, 6) is 0.984. The Labute approximate surface area is 135 Å². The molecule has 2 N–H and O–H groups in total. The second-order valence-corrected chi connectivity index (χ2v) is 5.88. The number of nitrogens with one attached hydrogen (secondary N) is 1. The summed E-state index contributed by atoms with van der Waals surface area (Å²) in [6.45, 7) is 5.03. The smallest absolute Gasteiger partial charge is 0.404 e. The zero-order valence-electron chi connectivity index (χ0n) is 13.3. The third kappa shape index (κ3) is 3.13. The molecule has 1 aliphatic heterocycles. The van der Waals surface area contributed by atoms with E-state index < -0.39 is 6.09 Å². The molecule has 0 unspecified atom stereocenters. The van der Waals surface area contributed by atoms with Crippen LogP contribution in [0.2, 0.25) is 0 Å². The summed E-state index contributed by atoms with van der Waals surface area (Å²) >= 11 is 0. The van der Waals surface area contributed by atoms with E-state index in [1.54, 1.807) is 0 Å². The van der Waals surface area contributed by atoms with E-state index in [9.17, 15) is 4.79 Å². The molecule has 0 bridgehead atoms. The average Bonchev–Trinajstić information content (AvgIpc) is 2.52. The predicted octanol–water partition coefficient (Wildman–Crippen LogP) is 3.50.